The van der Waals surface area contributed by atoms with Crippen molar-refractivity contribution in [3.8, 4) is 0 Å². The van der Waals surface area contributed by atoms with Crippen molar-refractivity contribution in [3.63, 3.8) is 0 Å². The van der Waals surface area contributed by atoms with Gasteiger partial charge >= 0.3 is 0 Å². The summed E-state index contributed by atoms with van der Waals surface area (Å²) in [6.07, 6.45) is 4.83. The average Bonchev–Trinajstić information content (AvgIpc) is 3.03. The van der Waals surface area contributed by atoms with Crippen LogP contribution >= 0.6 is 0 Å². The van der Waals surface area contributed by atoms with Gasteiger partial charge in [0.2, 0.25) is 5.91 Å². The minimum atomic E-state index is -0.236. The highest BCUT2D eigenvalue weighted by Gasteiger charge is 2.28. The van der Waals surface area contributed by atoms with Crippen LogP contribution in [-0.2, 0) is 11.2 Å². The Hall–Kier alpha value is -2.13. The van der Waals surface area contributed by atoms with Crippen molar-refractivity contribution in [3.05, 3.63) is 71.8 Å². The summed E-state index contributed by atoms with van der Waals surface area (Å²) in [5, 5.41) is 3.23. The number of carbonyl (C=O) groups is 1. The lowest BCUT2D eigenvalue weighted by molar-refractivity contribution is -0.122. The predicted molar refractivity (Wildman–Crippen MR) is 97.4 cm³/mol. The maximum atomic E-state index is 12.4. The van der Waals surface area contributed by atoms with Crippen molar-refractivity contribution in [2.45, 2.75) is 44.2 Å². The molecule has 3 rings (SSSR count). The van der Waals surface area contributed by atoms with E-state index in [0.29, 0.717) is 12.3 Å². The van der Waals surface area contributed by atoms with Gasteiger partial charge in [0.05, 0.1) is 0 Å². The number of hydrogen-bond acceptors (Lipinski definition) is 2. The van der Waals surface area contributed by atoms with Gasteiger partial charge in [0.25, 0.3) is 0 Å². The number of nitrogens with one attached hydrogen (secondary N) is 1. The zero-order chi connectivity index (χ0) is 16.8. The first-order valence-electron chi connectivity index (χ1n) is 8.86. The van der Waals surface area contributed by atoms with E-state index in [1.54, 1.807) is 0 Å². The third-order valence-electron chi connectivity index (χ3n) is 4.98. The molecule has 1 fully saturated rings. The molecule has 1 saturated carbocycles. The molecule has 3 heteroatoms. The van der Waals surface area contributed by atoms with E-state index in [2.05, 4.69) is 29.6 Å². The van der Waals surface area contributed by atoms with Gasteiger partial charge in [-0.3, -0.25) is 4.79 Å². The number of amides is 1. The van der Waals surface area contributed by atoms with E-state index < -0.39 is 0 Å². The molecule has 0 bridgehead atoms. The molecule has 0 heterocycles. The molecule has 0 aromatic heterocycles. The van der Waals surface area contributed by atoms with Crippen LogP contribution < -0.4 is 11.1 Å². The second-order valence-electron chi connectivity index (χ2n) is 6.78. The molecule has 1 aliphatic carbocycles. The number of rotatable bonds is 6. The van der Waals surface area contributed by atoms with Crippen molar-refractivity contribution in [2.75, 3.05) is 0 Å². The van der Waals surface area contributed by atoms with E-state index in [-0.39, 0.29) is 18.0 Å². The van der Waals surface area contributed by atoms with E-state index in [1.165, 1.54) is 18.4 Å². The molecule has 126 valence electrons. The molecule has 2 aromatic carbocycles. The zero-order valence-electron chi connectivity index (χ0n) is 14.0. The summed E-state index contributed by atoms with van der Waals surface area (Å²) >= 11 is 0. The van der Waals surface area contributed by atoms with Gasteiger partial charge in [-0.1, -0.05) is 67.1 Å². The Labute approximate surface area is 144 Å². The van der Waals surface area contributed by atoms with Crippen LogP contribution in [0.4, 0.5) is 0 Å². The van der Waals surface area contributed by atoms with Gasteiger partial charge in [-0.15, -0.1) is 0 Å². The Morgan fingerprint density at radius 3 is 2.42 bits per heavy atom. The third kappa shape index (κ3) is 4.45. The van der Waals surface area contributed by atoms with Crippen molar-refractivity contribution in [1.82, 2.24) is 5.32 Å². The summed E-state index contributed by atoms with van der Waals surface area (Å²) in [6.45, 7) is 0. The molecule has 2 aromatic rings. The first-order valence-corrected chi connectivity index (χ1v) is 8.86. The van der Waals surface area contributed by atoms with Crippen LogP contribution in [-0.4, -0.2) is 11.9 Å². The highest BCUT2D eigenvalue weighted by Crippen LogP contribution is 2.29. The van der Waals surface area contributed by atoms with Gasteiger partial charge in [0.1, 0.15) is 0 Å². The molecule has 0 saturated heterocycles. The summed E-state index contributed by atoms with van der Waals surface area (Å²) in [5.74, 6) is 0.598. The van der Waals surface area contributed by atoms with Gasteiger partial charge in [0, 0.05) is 18.5 Å². The van der Waals surface area contributed by atoms with Crippen LogP contribution in [0.2, 0.25) is 0 Å². The van der Waals surface area contributed by atoms with Crippen molar-refractivity contribution >= 4 is 5.91 Å². The summed E-state index contributed by atoms with van der Waals surface area (Å²) < 4.78 is 0. The first kappa shape index (κ1) is 16.7. The second kappa shape index (κ2) is 8.11. The summed E-state index contributed by atoms with van der Waals surface area (Å²) in [5.41, 5.74) is 8.53. The molecule has 0 radical (unpaired) electrons. The summed E-state index contributed by atoms with van der Waals surface area (Å²) in [7, 11) is 0. The second-order valence-corrected chi connectivity index (χ2v) is 6.78. The Bertz CT molecular complexity index is 641. The van der Waals surface area contributed by atoms with Gasteiger partial charge in [-0.2, -0.15) is 0 Å². The Morgan fingerprint density at radius 2 is 1.71 bits per heavy atom. The standard InChI is InChI=1S/C21H26N2O/c22-19(17-10-5-2-6-11-17)15-21(24)23-20-13-7-12-18(20)14-16-8-3-1-4-9-16/h1-6,8-11,18-20H,7,12-15,22H2,(H,23,24). The molecule has 3 N–H and O–H groups in total. The fourth-order valence-corrected chi connectivity index (χ4v) is 3.67. The van der Waals surface area contributed by atoms with E-state index in [1.807, 2.05) is 36.4 Å². The number of hydrogen-bond donors (Lipinski definition) is 2. The fourth-order valence-electron chi connectivity index (χ4n) is 3.67. The quantitative estimate of drug-likeness (QED) is 0.853. The number of nitrogens with two attached hydrogens (primary N) is 1. The van der Waals surface area contributed by atoms with Crippen LogP contribution in [0.5, 0.6) is 0 Å². The van der Waals surface area contributed by atoms with Crippen molar-refractivity contribution < 1.29 is 4.79 Å². The maximum Gasteiger partial charge on any atom is 0.222 e. The highest BCUT2D eigenvalue weighted by molar-refractivity contribution is 5.77. The average molecular weight is 322 g/mol. The van der Waals surface area contributed by atoms with Gasteiger partial charge in [-0.25, -0.2) is 0 Å². The molecule has 1 amide bonds. The predicted octanol–water partition coefficient (Wildman–Crippen LogP) is 3.60. The Morgan fingerprint density at radius 1 is 1.04 bits per heavy atom. The van der Waals surface area contributed by atoms with Gasteiger partial charge in [0.15, 0.2) is 0 Å². The molecule has 3 atom stereocenters. The van der Waals surface area contributed by atoms with Crippen LogP contribution in [0.1, 0.15) is 42.9 Å². The Kier molecular flexibility index (Phi) is 5.65. The van der Waals surface area contributed by atoms with Crippen LogP contribution in [0.3, 0.4) is 0 Å². The molecular formula is C21H26N2O. The van der Waals surface area contributed by atoms with Gasteiger partial charge < -0.3 is 11.1 Å². The molecule has 3 nitrogen and oxygen atoms in total. The van der Waals surface area contributed by atoms with Crippen LogP contribution in [0.15, 0.2) is 60.7 Å². The largest absolute Gasteiger partial charge is 0.353 e. The molecule has 3 unspecified atom stereocenters. The fraction of sp³-hybridized carbons (Fsp3) is 0.381. The van der Waals surface area contributed by atoms with E-state index in [9.17, 15) is 4.79 Å². The molecule has 0 aliphatic heterocycles. The van der Waals surface area contributed by atoms with Gasteiger partial charge in [-0.05, 0) is 36.3 Å². The molecule has 1 aliphatic rings. The van der Waals surface area contributed by atoms with E-state index in [0.717, 1.165) is 18.4 Å². The van der Waals surface area contributed by atoms with Crippen LogP contribution in [0, 0.1) is 5.92 Å². The maximum absolute atomic E-state index is 12.4. The molecule has 24 heavy (non-hydrogen) atoms. The smallest absolute Gasteiger partial charge is 0.222 e. The Balaban J connectivity index is 1.53. The van der Waals surface area contributed by atoms with Crippen molar-refractivity contribution in [1.29, 1.82) is 0 Å². The lowest BCUT2D eigenvalue weighted by atomic mass is 9.94. The minimum absolute atomic E-state index is 0.0660. The van der Waals surface area contributed by atoms with E-state index >= 15 is 0 Å². The zero-order valence-corrected chi connectivity index (χ0v) is 14.0. The lowest BCUT2D eigenvalue weighted by Gasteiger charge is -2.22. The number of carbonyl (C=O) groups excluding carboxylic acids is 1. The summed E-state index contributed by atoms with van der Waals surface area (Å²) in [4.78, 5) is 12.4. The topological polar surface area (TPSA) is 55.1 Å². The van der Waals surface area contributed by atoms with E-state index in [4.69, 9.17) is 5.73 Å². The third-order valence-corrected chi connectivity index (χ3v) is 4.98. The minimum Gasteiger partial charge on any atom is -0.353 e. The van der Waals surface area contributed by atoms with Crippen LogP contribution in [0.25, 0.3) is 0 Å². The monoisotopic (exact) mass is 322 g/mol. The number of benzene rings is 2. The first-order chi connectivity index (χ1) is 11.7. The summed E-state index contributed by atoms with van der Waals surface area (Å²) in [6, 6.07) is 20.4. The van der Waals surface area contributed by atoms with Crippen molar-refractivity contribution in [2.24, 2.45) is 11.7 Å². The normalized spacial score (nSPS) is 21.4. The highest BCUT2D eigenvalue weighted by atomic mass is 16.1. The molecule has 0 spiro atoms. The lowest BCUT2D eigenvalue weighted by Crippen LogP contribution is -2.39. The SMILES string of the molecule is NC(CC(=O)NC1CCCC1Cc1ccccc1)c1ccccc1. The molecular weight excluding hydrogens is 296 g/mol.